The first kappa shape index (κ1) is 14.4. The summed E-state index contributed by atoms with van der Waals surface area (Å²) in [6.45, 7) is 0. The molecular weight excluding hydrogens is 278 g/mol. The minimum Gasteiger partial charge on any atom is -0.408 e. The van der Waals surface area contributed by atoms with Gasteiger partial charge in [0, 0.05) is 7.05 Å². The van der Waals surface area contributed by atoms with E-state index in [0.29, 0.717) is 17.9 Å². The Bertz CT molecular complexity index is 864. The van der Waals surface area contributed by atoms with E-state index in [1.165, 1.54) is 4.57 Å². The Balaban J connectivity index is 1.84. The maximum absolute atomic E-state index is 11.5. The molecule has 0 saturated carbocycles. The number of nitriles is 1. The monoisotopic (exact) mass is 295 g/mol. The van der Waals surface area contributed by atoms with Gasteiger partial charge in [-0.25, -0.2) is 4.79 Å². The first-order valence-electron chi connectivity index (χ1n) is 7.22. The summed E-state index contributed by atoms with van der Waals surface area (Å²) in [5.74, 6) is -0.0497. The second-order valence-electron chi connectivity index (χ2n) is 5.60. The highest BCUT2D eigenvalue weighted by molar-refractivity contribution is 5.83. The van der Waals surface area contributed by atoms with E-state index in [-0.39, 0.29) is 5.76 Å². The van der Waals surface area contributed by atoms with Crippen LogP contribution in [0.4, 0.5) is 0 Å². The normalized spacial score (nSPS) is 19.0. The number of nitrogens with zero attached hydrogens (tertiary/aromatic N) is 2. The number of aryl methyl sites for hydroxylation is 1. The van der Waals surface area contributed by atoms with E-state index in [4.69, 9.17) is 15.4 Å². The van der Waals surface area contributed by atoms with Crippen LogP contribution in [0, 0.1) is 17.2 Å². The van der Waals surface area contributed by atoms with Crippen LogP contribution in [0.5, 0.6) is 0 Å². The van der Waals surface area contributed by atoms with E-state index in [1.54, 1.807) is 7.05 Å². The Hall–Kier alpha value is -2.58. The Morgan fingerprint density at radius 3 is 3.05 bits per heavy atom. The summed E-state index contributed by atoms with van der Waals surface area (Å²) in [4.78, 5) is 11.5. The highest BCUT2D eigenvalue weighted by atomic mass is 16.4. The lowest BCUT2D eigenvalue weighted by Gasteiger charge is -2.17. The van der Waals surface area contributed by atoms with Gasteiger partial charge in [-0.05, 0) is 42.0 Å². The van der Waals surface area contributed by atoms with Crippen LogP contribution in [0.1, 0.15) is 18.4 Å². The number of allylic oxidation sites excluding steroid dienone is 4. The molecule has 22 heavy (non-hydrogen) atoms. The van der Waals surface area contributed by atoms with Crippen LogP contribution in [0.15, 0.2) is 45.6 Å². The zero-order valence-corrected chi connectivity index (χ0v) is 12.3. The lowest BCUT2D eigenvalue weighted by Crippen LogP contribution is -2.21. The molecule has 1 unspecified atom stereocenters. The third-order valence-electron chi connectivity index (χ3n) is 4.04. The molecule has 2 atom stereocenters. The molecule has 0 bridgehead atoms. The number of fused-ring (bicyclic) bond motifs is 1. The molecule has 2 N–H and O–H groups in total. The smallest absolute Gasteiger partial charge is 0.408 e. The molecule has 0 amide bonds. The van der Waals surface area contributed by atoms with Crippen molar-refractivity contribution in [3.8, 4) is 6.07 Å². The molecule has 5 heteroatoms. The van der Waals surface area contributed by atoms with Crippen molar-refractivity contribution in [2.45, 2.75) is 18.9 Å². The van der Waals surface area contributed by atoms with Crippen LogP contribution < -0.4 is 11.5 Å². The minimum absolute atomic E-state index is 0.306. The zero-order chi connectivity index (χ0) is 15.7. The van der Waals surface area contributed by atoms with Gasteiger partial charge >= 0.3 is 5.76 Å². The molecule has 1 aliphatic carbocycles. The average Bonchev–Trinajstić information content (AvgIpc) is 2.82. The summed E-state index contributed by atoms with van der Waals surface area (Å²) < 4.78 is 6.64. The number of nitrogens with two attached hydrogens (primary N) is 1. The van der Waals surface area contributed by atoms with Gasteiger partial charge in [-0.3, -0.25) is 4.57 Å². The van der Waals surface area contributed by atoms with E-state index in [2.05, 4.69) is 24.3 Å². The molecule has 0 spiro atoms. The van der Waals surface area contributed by atoms with Gasteiger partial charge in [0.25, 0.3) is 0 Å². The second-order valence-corrected chi connectivity index (χ2v) is 5.60. The van der Waals surface area contributed by atoms with Gasteiger partial charge in [0.2, 0.25) is 0 Å². The maximum Gasteiger partial charge on any atom is 0.419 e. The fraction of sp³-hybridized carbons (Fsp3) is 0.294. The third-order valence-corrected chi connectivity index (χ3v) is 4.04. The molecule has 1 heterocycles. The molecule has 3 rings (SSSR count). The molecule has 2 aromatic rings. The van der Waals surface area contributed by atoms with Gasteiger partial charge in [0.05, 0.1) is 17.6 Å². The van der Waals surface area contributed by atoms with Crippen LogP contribution >= 0.6 is 0 Å². The van der Waals surface area contributed by atoms with Crippen molar-refractivity contribution in [3.05, 3.63) is 52.5 Å². The first-order chi connectivity index (χ1) is 10.6. The van der Waals surface area contributed by atoms with Crippen molar-refractivity contribution in [1.82, 2.24) is 4.57 Å². The fourth-order valence-electron chi connectivity index (χ4n) is 2.74. The van der Waals surface area contributed by atoms with Crippen LogP contribution in [-0.4, -0.2) is 10.6 Å². The number of aromatic nitrogens is 1. The Morgan fingerprint density at radius 1 is 1.55 bits per heavy atom. The zero-order valence-electron chi connectivity index (χ0n) is 12.3. The maximum atomic E-state index is 11.5. The first-order valence-corrected chi connectivity index (χ1v) is 7.22. The Kier molecular flexibility index (Phi) is 3.70. The summed E-state index contributed by atoms with van der Waals surface area (Å²) in [5, 5.41) is 8.77. The predicted octanol–water partition coefficient (Wildman–Crippen LogP) is 2.33. The summed E-state index contributed by atoms with van der Waals surface area (Å²) >= 11 is 0. The Morgan fingerprint density at radius 2 is 2.36 bits per heavy atom. The fourth-order valence-corrected chi connectivity index (χ4v) is 2.74. The van der Waals surface area contributed by atoms with Crippen molar-refractivity contribution >= 4 is 16.7 Å². The van der Waals surface area contributed by atoms with E-state index < -0.39 is 6.04 Å². The van der Waals surface area contributed by atoms with Crippen molar-refractivity contribution in [2.75, 3.05) is 0 Å². The van der Waals surface area contributed by atoms with Gasteiger partial charge in [0.1, 0.15) is 0 Å². The number of rotatable bonds is 3. The molecule has 112 valence electrons. The van der Waals surface area contributed by atoms with Crippen molar-refractivity contribution in [2.24, 2.45) is 18.7 Å². The van der Waals surface area contributed by atoms with Crippen molar-refractivity contribution in [3.63, 3.8) is 0 Å². The molecular formula is C17H17N3O2. The van der Waals surface area contributed by atoms with E-state index in [9.17, 15) is 4.79 Å². The van der Waals surface area contributed by atoms with Crippen LogP contribution in [0.25, 0.3) is 16.7 Å². The SMILES string of the molecule is Cn1c(=O)oc2ccc(C3=CCC(C[C@H](N)C#N)C=C3)cc21. The van der Waals surface area contributed by atoms with E-state index in [0.717, 1.165) is 23.1 Å². The Labute approximate surface area is 127 Å². The molecule has 0 saturated heterocycles. The minimum atomic E-state index is -0.415. The number of oxazole rings is 1. The van der Waals surface area contributed by atoms with Crippen LogP contribution in [0.3, 0.4) is 0 Å². The summed E-state index contributed by atoms with van der Waals surface area (Å²) in [6, 6.07) is 7.37. The van der Waals surface area contributed by atoms with Crippen molar-refractivity contribution in [1.29, 1.82) is 5.26 Å². The summed E-state index contributed by atoms with van der Waals surface area (Å²) in [5.41, 5.74) is 9.20. The number of hydrogen-bond acceptors (Lipinski definition) is 4. The molecule has 0 radical (unpaired) electrons. The lowest BCUT2D eigenvalue weighted by molar-refractivity contribution is 0.528. The van der Waals surface area contributed by atoms with Crippen molar-refractivity contribution < 1.29 is 4.42 Å². The van der Waals surface area contributed by atoms with E-state index in [1.807, 2.05) is 18.2 Å². The van der Waals surface area contributed by atoms with Gasteiger partial charge in [-0.1, -0.05) is 24.3 Å². The highest BCUT2D eigenvalue weighted by Gasteiger charge is 2.14. The third kappa shape index (κ3) is 2.61. The van der Waals surface area contributed by atoms with Crippen LogP contribution in [-0.2, 0) is 7.05 Å². The topological polar surface area (TPSA) is 84.9 Å². The second kappa shape index (κ2) is 5.66. The molecule has 5 nitrogen and oxygen atoms in total. The predicted molar refractivity (Wildman–Crippen MR) is 84.9 cm³/mol. The lowest BCUT2D eigenvalue weighted by atomic mass is 9.89. The van der Waals surface area contributed by atoms with Gasteiger partial charge < -0.3 is 10.2 Å². The molecule has 1 aromatic carbocycles. The number of benzene rings is 1. The highest BCUT2D eigenvalue weighted by Crippen LogP contribution is 2.28. The average molecular weight is 295 g/mol. The van der Waals surface area contributed by atoms with Crippen LogP contribution in [0.2, 0.25) is 0 Å². The quantitative estimate of drug-likeness (QED) is 0.941. The number of hydrogen-bond donors (Lipinski definition) is 1. The standard InChI is InChI=1S/C17H17N3O2/c1-20-15-9-13(6-7-16(15)22-17(20)21)12-4-2-11(3-5-12)8-14(19)10-18/h2,4-7,9,11,14H,3,8,19H2,1H3/t11?,14-/m0/s1. The molecule has 1 aromatic heterocycles. The molecule has 0 fully saturated rings. The summed E-state index contributed by atoms with van der Waals surface area (Å²) in [6.07, 6.45) is 7.84. The molecule has 0 aliphatic heterocycles. The largest absolute Gasteiger partial charge is 0.419 e. The van der Waals surface area contributed by atoms with Gasteiger partial charge in [-0.15, -0.1) is 0 Å². The van der Waals surface area contributed by atoms with Gasteiger partial charge in [-0.2, -0.15) is 5.26 Å². The summed E-state index contributed by atoms with van der Waals surface area (Å²) in [7, 11) is 1.70. The van der Waals surface area contributed by atoms with Gasteiger partial charge in [0.15, 0.2) is 5.58 Å². The van der Waals surface area contributed by atoms with E-state index >= 15 is 0 Å². The molecule has 1 aliphatic rings.